The molecular weight excluding hydrogens is 308 g/mol. The molecule has 2 aliphatic rings. The maximum atomic E-state index is 12.1. The molecule has 0 amide bonds. The fourth-order valence-electron chi connectivity index (χ4n) is 3.03. The number of hydrogen-bond acceptors (Lipinski definition) is 4. The zero-order chi connectivity index (χ0) is 15.8. The smallest absolute Gasteiger partial charge is 0.358 e. The summed E-state index contributed by atoms with van der Waals surface area (Å²) in [6, 6.07) is 9.93. The van der Waals surface area contributed by atoms with Gasteiger partial charge in [0.1, 0.15) is 0 Å². The number of nitrogens with zero attached hydrogens (tertiary/aromatic N) is 2. The Balaban J connectivity index is 1.97. The molecule has 0 N–H and O–H groups in total. The van der Waals surface area contributed by atoms with Crippen molar-refractivity contribution in [2.24, 2.45) is 0 Å². The van der Waals surface area contributed by atoms with Gasteiger partial charge in [0.05, 0.1) is 18.5 Å². The first-order valence-electron chi connectivity index (χ1n) is 7.59. The maximum absolute atomic E-state index is 12.1. The van der Waals surface area contributed by atoms with Gasteiger partial charge in [-0.25, -0.2) is 9.48 Å². The van der Waals surface area contributed by atoms with Crippen LogP contribution in [0.4, 0.5) is 0 Å². The molecule has 116 valence electrons. The van der Waals surface area contributed by atoms with Crippen molar-refractivity contribution in [3.05, 3.63) is 64.3 Å². The zero-order valence-electron chi connectivity index (χ0n) is 12.8. The number of fused-ring (bicyclic) bond motifs is 3. The standard InChI is InChI=1S/C18H16N2O2S/c1-22-18(21)16-14-11-23-15-10-6-5-9-13(15)17(14)20(19-16)12-7-3-2-4-8-12/h2-4,7-10H,5-6,11H2,1H3. The van der Waals surface area contributed by atoms with Crippen molar-refractivity contribution >= 4 is 23.3 Å². The summed E-state index contributed by atoms with van der Waals surface area (Å²) in [7, 11) is 1.40. The van der Waals surface area contributed by atoms with Crippen LogP contribution in [0, 0.1) is 0 Å². The number of esters is 1. The Morgan fingerprint density at radius 3 is 2.78 bits per heavy atom. The number of rotatable bonds is 2. The number of benzene rings is 1. The molecule has 0 unspecified atom stereocenters. The maximum Gasteiger partial charge on any atom is 0.358 e. The first-order valence-corrected chi connectivity index (χ1v) is 8.57. The lowest BCUT2D eigenvalue weighted by Gasteiger charge is -2.23. The van der Waals surface area contributed by atoms with Crippen LogP contribution in [0.5, 0.6) is 0 Å². The molecule has 0 fully saturated rings. The Hall–Kier alpha value is -2.27. The van der Waals surface area contributed by atoms with Gasteiger partial charge in [-0.05, 0) is 25.0 Å². The van der Waals surface area contributed by atoms with Crippen molar-refractivity contribution < 1.29 is 9.53 Å². The number of carbonyl (C=O) groups is 1. The third kappa shape index (κ3) is 2.32. The van der Waals surface area contributed by atoms with Crippen molar-refractivity contribution in [3.63, 3.8) is 0 Å². The van der Waals surface area contributed by atoms with E-state index < -0.39 is 0 Å². The quantitative estimate of drug-likeness (QED) is 0.784. The minimum Gasteiger partial charge on any atom is -0.464 e. The van der Waals surface area contributed by atoms with Crippen LogP contribution in [0.1, 0.15) is 34.6 Å². The molecule has 2 heterocycles. The van der Waals surface area contributed by atoms with E-state index in [1.54, 1.807) is 11.8 Å². The Labute approximate surface area is 138 Å². The molecule has 4 rings (SSSR count). The summed E-state index contributed by atoms with van der Waals surface area (Å²) < 4.78 is 6.81. The lowest BCUT2D eigenvalue weighted by atomic mass is 9.99. The number of thioether (sulfide) groups is 1. The molecule has 2 aromatic rings. The van der Waals surface area contributed by atoms with Crippen LogP contribution in [0.2, 0.25) is 0 Å². The molecule has 0 atom stereocenters. The van der Waals surface area contributed by atoms with Crippen molar-refractivity contribution in [2.45, 2.75) is 18.6 Å². The van der Waals surface area contributed by atoms with Crippen LogP contribution in [-0.4, -0.2) is 22.9 Å². The predicted molar refractivity (Wildman–Crippen MR) is 91.5 cm³/mol. The fraction of sp³-hybridized carbons (Fsp3) is 0.222. The summed E-state index contributed by atoms with van der Waals surface area (Å²) in [5.41, 5.74) is 4.56. The van der Waals surface area contributed by atoms with Gasteiger partial charge in [-0.15, -0.1) is 11.8 Å². The molecule has 1 aromatic carbocycles. The molecule has 1 aliphatic carbocycles. The number of hydrogen-bond donors (Lipinski definition) is 0. The molecule has 0 saturated carbocycles. The van der Waals surface area contributed by atoms with E-state index in [1.165, 1.54) is 17.6 Å². The van der Waals surface area contributed by atoms with Crippen LogP contribution in [0.15, 0.2) is 47.4 Å². The van der Waals surface area contributed by atoms with E-state index in [2.05, 4.69) is 17.3 Å². The van der Waals surface area contributed by atoms with Crippen LogP contribution >= 0.6 is 11.8 Å². The van der Waals surface area contributed by atoms with Crippen LogP contribution < -0.4 is 0 Å². The minimum atomic E-state index is -0.375. The van der Waals surface area contributed by atoms with E-state index in [-0.39, 0.29) is 5.97 Å². The van der Waals surface area contributed by atoms with E-state index in [9.17, 15) is 4.79 Å². The third-order valence-electron chi connectivity index (χ3n) is 4.10. The zero-order valence-corrected chi connectivity index (χ0v) is 13.6. The molecule has 23 heavy (non-hydrogen) atoms. The van der Waals surface area contributed by atoms with Gasteiger partial charge < -0.3 is 4.74 Å². The summed E-state index contributed by atoms with van der Waals surface area (Å²) in [5, 5.41) is 4.58. The van der Waals surface area contributed by atoms with Gasteiger partial charge in [0.2, 0.25) is 0 Å². The van der Waals surface area contributed by atoms with Gasteiger partial charge in [-0.1, -0.05) is 30.4 Å². The van der Waals surface area contributed by atoms with Gasteiger partial charge >= 0.3 is 5.97 Å². The average Bonchev–Trinajstić information content (AvgIpc) is 3.02. The summed E-state index contributed by atoms with van der Waals surface area (Å²) in [4.78, 5) is 13.4. The summed E-state index contributed by atoms with van der Waals surface area (Å²) in [6.45, 7) is 0. The van der Waals surface area contributed by atoms with E-state index in [0.29, 0.717) is 5.69 Å². The second kappa shape index (κ2) is 5.74. The topological polar surface area (TPSA) is 44.1 Å². The fourth-order valence-corrected chi connectivity index (χ4v) is 4.18. The molecule has 0 radical (unpaired) electrons. The number of allylic oxidation sites excluding steroid dienone is 3. The number of para-hydroxylation sites is 1. The first kappa shape index (κ1) is 14.3. The van der Waals surface area contributed by atoms with Gasteiger partial charge in [0.15, 0.2) is 5.69 Å². The van der Waals surface area contributed by atoms with E-state index in [0.717, 1.165) is 35.5 Å². The summed E-state index contributed by atoms with van der Waals surface area (Å²) in [6.07, 6.45) is 6.63. The first-order chi connectivity index (χ1) is 11.3. The highest BCUT2D eigenvalue weighted by atomic mass is 32.2. The van der Waals surface area contributed by atoms with Crippen LogP contribution in [0.3, 0.4) is 0 Å². The minimum absolute atomic E-state index is 0.375. The van der Waals surface area contributed by atoms with Gasteiger partial charge in [0.25, 0.3) is 0 Å². The highest BCUT2D eigenvalue weighted by Crippen LogP contribution is 2.45. The molecular formula is C18H16N2O2S. The third-order valence-corrected chi connectivity index (χ3v) is 5.23. The van der Waals surface area contributed by atoms with E-state index in [4.69, 9.17) is 4.74 Å². The predicted octanol–water partition coefficient (Wildman–Crippen LogP) is 3.97. The Kier molecular flexibility index (Phi) is 3.58. The summed E-state index contributed by atoms with van der Waals surface area (Å²) in [5.74, 6) is 0.371. The van der Waals surface area contributed by atoms with Crippen molar-refractivity contribution in [3.8, 4) is 5.69 Å². The lowest BCUT2D eigenvalue weighted by molar-refractivity contribution is 0.0592. The number of ether oxygens (including phenoxy) is 1. The largest absolute Gasteiger partial charge is 0.464 e. The molecule has 0 saturated heterocycles. The highest BCUT2D eigenvalue weighted by molar-refractivity contribution is 8.03. The average molecular weight is 324 g/mol. The van der Waals surface area contributed by atoms with Gasteiger partial charge in [0, 0.05) is 21.8 Å². The number of methoxy groups -OCH3 is 1. The molecule has 1 aromatic heterocycles. The van der Waals surface area contributed by atoms with Gasteiger partial charge in [-0.2, -0.15) is 5.10 Å². The van der Waals surface area contributed by atoms with Crippen molar-refractivity contribution in [1.29, 1.82) is 0 Å². The SMILES string of the molecule is COC(=O)c1nn(-c2ccccc2)c2c1CSC1=CCCC=C12. The Morgan fingerprint density at radius 1 is 1.22 bits per heavy atom. The highest BCUT2D eigenvalue weighted by Gasteiger charge is 2.31. The van der Waals surface area contributed by atoms with E-state index in [1.807, 2.05) is 35.0 Å². The van der Waals surface area contributed by atoms with Crippen LogP contribution in [-0.2, 0) is 10.5 Å². The molecule has 4 nitrogen and oxygen atoms in total. The molecule has 0 bridgehead atoms. The normalized spacial score (nSPS) is 16.0. The van der Waals surface area contributed by atoms with Crippen molar-refractivity contribution in [1.82, 2.24) is 9.78 Å². The molecule has 0 spiro atoms. The second-order valence-corrected chi connectivity index (χ2v) is 6.48. The summed E-state index contributed by atoms with van der Waals surface area (Å²) >= 11 is 1.77. The lowest BCUT2D eigenvalue weighted by Crippen LogP contribution is -2.09. The van der Waals surface area contributed by atoms with Crippen LogP contribution in [0.25, 0.3) is 11.3 Å². The number of aromatic nitrogens is 2. The monoisotopic (exact) mass is 324 g/mol. The van der Waals surface area contributed by atoms with E-state index >= 15 is 0 Å². The second-order valence-electron chi connectivity index (χ2n) is 5.47. The Morgan fingerprint density at radius 2 is 2.00 bits per heavy atom. The van der Waals surface area contributed by atoms with Crippen molar-refractivity contribution in [2.75, 3.05) is 7.11 Å². The Bertz CT molecular complexity index is 834. The molecule has 1 aliphatic heterocycles. The molecule has 5 heteroatoms. The van der Waals surface area contributed by atoms with Gasteiger partial charge in [-0.3, -0.25) is 0 Å². The number of carbonyl (C=O) groups excluding carboxylic acids is 1.